The molecule has 1 aliphatic rings. The molecular weight excluding hydrogens is 404 g/mol. The van der Waals surface area contributed by atoms with E-state index in [9.17, 15) is 9.18 Å². The van der Waals surface area contributed by atoms with Gasteiger partial charge >= 0.3 is 0 Å². The fourth-order valence-corrected chi connectivity index (χ4v) is 3.58. The molecule has 158 valence electrons. The van der Waals surface area contributed by atoms with E-state index in [1.54, 1.807) is 23.1 Å². The number of amides is 1. The van der Waals surface area contributed by atoms with Crippen molar-refractivity contribution in [3.05, 3.63) is 59.6 Å². The van der Waals surface area contributed by atoms with Gasteiger partial charge in [0.2, 0.25) is 11.8 Å². The van der Waals surface area contributed by atoms with Gasteiger partial charge in [0, 0.05) is 24.7 Å². The average molecular weight is 423 g/mol. The Morgan fingerprint density at radius 1 is 1.16 bits per heavy atom. The Labute approximate surface area is 177 Å². The van der Waals surface area contributed by atoms with Gasteiger partial charge in [0.25, 0.3) is 5.91 Å². The second-order valence-corrected chi connectivity index (χ2v) is 7.13. The second-order valence-electron chi connectivity index (χ2n) is 7.13. The molecule has 0 spiro atoms. The van der Waals surface area contributed by atoms with E-state index in [0.29, 0.717) is 24.7 Å². The van der Waals surface area contributed by atoms with Gasteiger partial charge in [-0.05, 0) is 43.5 Å². The summed E-state index contributed by atoms with van der Waals surface area (Å²) in [5.74, 6) is -1.75. The van der Waals surface area contributed by atoms with Gasteiger partial charge in [0.05, 0.1) is 24.6 Å². The highest BCUT2D eigenvalue weighted by molar-refractivity contribution is 5.93. The van der Waals surface area contributed by atoms with Gasteiger partial charge in [-0.3, -0.25) is 9.36 Å². The molecule has 9 heteroatoms. The number of carbonyl (C=O) groups is 1. The Morgan fingerprint density at radius 3 is 2.55 bits per heavy atom. The van der Waals surface area contributed by atoms with Gasteiger partial charge in [-0.2, -0.15) is 9.65 Å². The van der Waals surface area contributed by atoms with Crippen LogP contribution in [0, 0.1) is 23.1 Å². The molecule has 0 saturated carbocycles. The number of halogens is 2. The van der Waals surface area contributed by atoms with Gasteiger partial charge in [0.1, 0.15) is 17.7 Å². The predicted molar refractivity (Wildman–Crippen MR) is 108 cm³/mol. The summed E-state index contributed by atoms with van der Waals surface area (Å²) in [6.45, 7) is 1.08. The zero-order chi connectivity index (χ0) is 22.0. The van der Waals surface area contributed by atoms with Crippen LogP contribution in [0.25, 0.3) is 17.1 Å². The first-order valence-electron chi connectivity index (χ1n) is 9.81. The van der Waals surface area contributed by atoms with E-state index in [1.807, 2.05) is 0 Å². The van der Waals surface area contributed by atoms with E-state index in [0.717, 1.165) is 29.9 Å². The molecule has 4 rings (SSSR count). The fraction of sp³-hybridized carbons (Fsp3) is 0.273. The standard InChI is InChI=1S/C22H19F2N5O2/c1-31-18-8-7-16(13-26-18)29-20(24)19(22(30)28-9-3-2-4-10-28)27-21(29)14-5-6-15(12-25)17(23)11-14/h5-8,11,13H,2-4,9-10H2,1H3. The number of ether oxygens (including phenoxy) is 1. The topological polar surface area (TPSA) is 84.0 Å². The zero-order valence-electron chi connectivity index (χ0n) is 16.8. The number of hydrogen-bond donors (Lipinski definition) is 0. The minimum absolute atomic E-state index is 0.0354. The summed E-state index contributed by atoms with van der Waals surface area (Å²) >= 11 is 0. The molecule has 0 unspecified atom stereocenters. The molecule has 3 heterocycles. The van der Waals surface area contributed by atoms with E-state index < -0.39 is 17.7 Å². The minimum atomic E-state index is -0.859. The number of pyridine rings is 1. The number of rotatable bonds is 4. The zero-order valence-corrected chi connectivity index (χ0v) is 16.8. The molecule has 2 aromatic heterocycles. The van der Waals surface area contributed by atoms with Crippen molar-refractivity contribution >= 4 is 5.91 Å². The lowest BCUT2D eigenvalue weighted by Gasteiger charge is -2.25. The largest absolute Gasteiger partial charge is 0.481 e. The molecule has 31 heavy (non-hydrogen) atoms. The highest BCUT2D eigenvalue weighted by Crippen LogP contribution is 2.28. The first kappa shape index (κ1) is 20.5. The third-order valence-corrected chi connectivity index (χ3v) is 5.20. The number of nitriles is 1. The molecule has 0 atom stereocenters. The van der Waals surface area contributed by atoms with Gasteiger partial charge < -0.3 is 9.64 Å². The molecule has 0 bridgehead atoms. The maximum Gasteiger partial charge on any atom is 0.277 e. The lowest BCUT2D eigenvalue weighted by Crippen LogP contribution is -2.36. The number of nitrogens with zero attached hydrogens (tertiary/aromatic N) is 5. The molecule has 7 nitrogen and oxygen atoms in total. The number of benzene rings is 1. The molecule has 1 amide bonds. The van der Waals surface area contributed by atoms with Crippen LogP contribution in [0.5, 0.6) is 5.88 Å². The van der Waals surface area contributed by atoms with Crippen LogP contribution in [0.4, 0.5) is 8.78 Å². The minimum Gasteiger partial charge on any atom is -0.481 e. The summed E-state index contributed by atoms with van der Waals surface area (Å²) in [4.78, 5) is 22.9. The van der Waals surface area contributed by atoms with E-state index in [2.05, 4.69) is 9.97 Å². The monoisotopic (exact) mass is 423 g/mol. The van der Waals surface area contributed by atoms with Gasteiger partial charge in [-0.25, -0.2) is 14.4 Å². The van der Waals surface area contributed by atoms with Crippen LogP contribution in [0.1, 0.15) is 35.3 Å². The Hall–Kier alpha value is -3.80. The maximum atomic E-state index is 15.5. The molecule has 0 N–H and O–H groups in total. The first-order chi connectivity index (χ1) is 15.0. The van der Waals surface area contributed by atoms with Crippen molar-refractivity contribution in [2.24, 2.45) is 0 Å². The van der Waals surface area contributed by atoms with Crippen LogP contribution in [0.15, 0.2) is 36.5 Å². The molecule has 3 aromatic rings. The Balaban J connectivity index is 1.86. The Bertz CT molecular complexity index is 1160. The molecular formula is C22H19F2N5O2. The Morgan fingerprint density at radius 2 is 1.94 bits per heavy atom. The summed E-state index contributed by atoms with van der Waals surface area (Å²) in [7, 11) is 1.46. The van der Waals surface area contributed by atoms with Gasteiger partial charge in [-0.15, -0.1) is 0 Å². The van der Waals surface area contributed by atoms with Crippen molar-refractivity contribution in [2.75, 3.05) is 20.2 Å². The van der Waals surface area contributed by atoms with Crippen molar-refractivity contribution in [3.8, 4) is 29.0 Å². The summed E-state index contributed by atoms with van der Waals surface area (Å²) < 4.78 is 36.0. The number of imidazole rings is 1. The van der Waals surface area contributed by atoms with Crippen molar-refractivity contribution in [2.45, 2.75) is 19.3 Å². The van der Waals surface area contributed by atoms with E-state index in [4.69, 9.17) is 10.00 Å². The maximum absolute atomic E-state index is 15.5. The van der Waals surface area contributed by atoms with Crippen LogP contribution < -0.4 is 4.74 Å². The smallest absolute Gasteiger partial charge is 0.277 e. The molecule has 1 aromatic carbocycles. The van der Waals surface area contributed by atoms with Crippen LogP contribution in [0.2, 0.25) is 0 Å². The normalized spacial score (nSPS) is 13.7. The fourth-order valence-electron chi connectivity index (χ4n) is 3.58. The number of likely N-dealkylation sites (tertiary alicyclic amines) is 1. The highest BCUT2D eigenvalue weighted by atomic mass is 19.1. The lowest BCUT2D eigenvalue weighted by atomic mass is 10.1. The second kappa shape index (κ2) is 8.52. The van der Waals surface area contributed by atoms with Crippen LogP contribution in [-0.4, -0.2) is 45.5 Å². The average Bonchev–Trinajstić information content (AvgIpc) is 3.16. The highest BCUT2D eigenvalue weighted by Gasteiger charge is 2.29. The molecule has 1 fully saturated rings. The third-order valence-electron chi connectivity index (χ3n) is 5.20. The molecule has 1 aliphatic heterocycles. The number of aromatic nitrogens is 3. The van der Waals surface area contributed by atoms with Crippen molar-refractivity contribution in [3.63, 3.8) is 0 Å². The number of carbonyl (C=O) groups excluding carboxylic acids is 1. The summed E-state index contributed by atoms with van der Waals surface area (Å²) in [6, 6.07) is 8.72. The number of methoxy groups -OCH3 is 1. The summed E-state index contributed by atoms with van der Waals surface area (Å²) in [6.07, 6.45) is 4.10. The Kier molecular flexibility index (Phi) is 5.62. The molecule has 1 saturated heterocycles. The van der Waals surface area contributed by atoms with E-state index >= 15 is 4.39 Å². The first-order valence-corrected chi connectivity index (χ1v) is 9.81. The quantitative estimate of drug-likeness (QED) is 0.639. The van der Waals surface area contributed by atoms with E-state index in [1.165, 1.54) is 25.4 Å². The van der Waals surface area contributed by atoms with E-state index in [-0.39, 0.29) is 22.6 Å². The van der Waals surface area contributed by atoms with Crippen molar-refractivity contribution in [1.82, 2.24) is 19.4 Å². The molecule has 0 aliphatic carbocycles. The summed E-state index contributed by atoms with van der Waals surface area (Å²) in [5.41, 5.74) is 0.0442. The van der Waals surface area contributed by atoms with Crippen LogP contribution >= 0.6 is 0 Å². The number of hydrogen-bond acceptors (Lipinski definition) is 5. The van der Waals surface area contributed by atoms with Crippen molar-refractivity contribution < 1.29 is 18.3 Å². The summed E-state index contributed by atoms with van der Waals surface area (Å²) in [5, 5.41) is 8.99. The third kappa shape index (κ3) is 3.84. The van der Waals surface area contributed by atoms with Crippen LogP contribution in [0.3, 0.4) is 0 Å². The molecule has 0 radical (unpaired) electrons. The predicted octanol–water partition coefficient (Wildman–Crippen LogP) is 3.72. The van der Waals surface area contributed by atoms with Crippen LogP contribution in [-0.2, 0) is 0 Å². The van der Waals surface area contributed by atoms with Crippen molar-refractivity contribution in [1.29, 1.82) is 5.26 Å². The van der Waals surface area contributed by atoms with Gasteiger partial charge in [-0.1, -0.05) is 0 Å². The SMILES string of the molecule is COc1ccc(-n2c(-c3ccc(C#N)c(F)c3)nc(C(=O)N3CCCCC3)c2F)cn1. The van der Waals surface area contributed by atoms with Gasteiger partial charge in [0.15, 0.2) is 5.69 Å². The lowest BCUT2D eigenvalue weighted by molar-refractivity contribution is 0.0713. The number of piperidine rings is 1.